The van der Waals surface area contributed by atoms with Crippen molar-refractivity contribution in [3.8, 4) is 0 Å². The van der Waals surface area contributed by atoms with Crippen LogP contribution in [0.3, 0.4) is 0 Å². The zero-order chi connectivity index (χ0) is 13.7. The zero-order valence-corrected chi connectivity index (χ0v) is 12.4. The number of nitrogens with zero attached hydrogens (tertiary/aromatic N) is 1. The lowest BCUT2D eigenvalue weighted by molar-refractivity contribution is 1.05. The van der Waals surface area contributed by atoms with Crippen molar-refractivity contribution in [2.45, 2.75) is 13.8 Å². The first-order valence-corrected chi connectivity index (χ1v) is 7.15. The number of thiophene rings is 1. The Hall–Kier alpha value is -1.72. The number of thiocarbonyl (C=S) groups is 1. The molecule has 2 rings (SSSR count). The highest BCUT2D eigenvalue weighted by atomic mass is 32.1. The summed E-state index contributed by atoms with van der Waals surface area (Å²) in [4.78, 5) is 1.09. The van der Waals surface area contributed by atoms with E-state index in [2.05, 4.69) is 28.8 Å². The summed E-state index contributed by atoms with van der Waals surface area (Å²) in [5.41, 5.74) is 6.20. The van der Waals surface area contributed by atoms with Gasteiger partial charge in [-0.25, -0.2) is 0 Å². The third kappa shape index (κ3) is 4.15. The van der Waals surface area contributed by atoms with Gasteiger partial charge in [0.05, 0.1) is 6.21 Å². The summed E-state index contributed by atoms with van der Waals surface area (Å²) in [5, 5.41) is 9.71. The van der Waals surface area contributed by atoms with Gasteiger partial charge in [-0.05, 0) is 49.1 Å². The fourth-order valence-electron chi connectivity index (χ4n) is 1.62. The summed E-state index contributed by atoms with van der Waals surface area (Å²) < 4.78 is 0. The SMILES string of the molecule is Cc1ccc(NC(=S)N/N=C\c2cccs2)c(C)c1. The van der Waals surface area contributed by atoms with Crippen molar-refractivity contribution in [3.05, 3.63) is 51.7 Å². The standard InChI is InChI=1S/C14H15N3S2/c1-10-5-6-13(11(2)8-10)16-14(18)17-15-9-12-4-3-7-19-12/h3-9H,1-2H3,(H2,16,17,18)/b15-9-. The predicted octanol–water partition coefficient (Wildman–Crippen LogP) is 3.69. The summed E-state index contributed by atoms with van der Waals surface area (Å²) in [6.07, 6.45) is 1.75. The van der Waals surface area contributed by atoms with Gasteiger partial charge in [-0.3, -0.25) is 5.43 Å². The highest BCUT2D eigenvalue weighted by molar-refractivity contribution is 7.80. The smallest absolute Gasteiger partial charge is 0.191 e. The second-order valence-electron chi connectivity index (χ2n) is 4.16. The Morgan fingerprint density at radius 1 is 1.32 bits per heavy atom. The molecule has 0 unspecified atom stereocenters. The first kappa shape index (κ1) is 13.7. The first-order chi connectivity index (χ1) is 9.15. The highest BCUT2D eigenvalue weighted by Crippen LogP contribution is 2.15. The molecule has 0 aliphatic carbocycles. The topological polar surface area (TPSA) is 36.4 Å². The molecule has 0 fully saturated rings. The van der Waals surface area contributed by atoms with Crippen molar-refractivity contribution in [1.29, 1.82) is 0 Å². The molecule has 1 aromatic carbocycles. The molecule has 0 saturated heterocycles. The lowest BCUT2D eigenvalue weighted by atomic mass is 10.1. The van der Waals surface area contributed by atoms with Gasteiger partial charge in [0.2, 0.25) is 0 Å². The van der Waals surface area contributed by atoms with E-state index in [0.29, 0.717) is 5.11 Å². The molecular weight excluding hydrogens is 274 g/mol. The molecule has 0 aliphatic heterocycles. The molecule has 2 N–H and O–H groups in total. The van der Waals surface area contributed by atoms with E-state index in [0.717, 1.165) is 16.1 Å². The van der Waals surface area contributed by atoms with Crippen molar-refractivity contribution < 1.29 is 0 Å². The molecule has 98 valence electrons. The van der Waals surface area contributed by atoms with Gasteiger partial charge >= 0.3 is 0 Å². The van der Waals surface area contributed by atoms with Crippen molar-refractivity contribution in [2.24, 2.45) is 5.10 Å². The largest absolute Gasteiger partial charge is 0.331 e. The Bertz CT molecular complexity index is 589. The quantitative estimate of drug-likeness (QED) is 0.514. The number of aryl methyl sites for hydroxylation is 2. The van der Waals surface area contributed by atoms with Crippen LogP contribution in [0.15, 0.2) is 40.8 Å². The van der Waals surface area contributed by atoms with Crippen molar-refractivity contribution in [3.63, 3.8) is 0 Å². The van der Waals surface area contributed by atoms with E-state index >= 15 is 0 Å². The molecule has 0 saturated carbocycles. The van der Waals surface area contributed by atoms with Gasteiger partial charge in [-0.1, -0.05) is 23.8 Å². The van der Waals surface area contributed by atoms with Gasteiger partial charge in [-0.2, -0.15) is 5.10 Å². The third-order valence-electron chi connectivity index (χ3n) is 2.53. The minimum atomic E-state index is 0.486. The summed E-state index contributed by atoms with van der Waals surface area (Å²) in [6, 6.07) is 10.2. The minimum Gasteiger partial charge on any atom is -0.331 e. The van der Waals surface area contributed by atoms with Crippen molar-refractivity contribution in [2.75, 3.05) is 5.32 Å². The third-order valence-corrected chi connectivity index (χ3v) is 3.53. The second kappa shape index (κ2) is 6.45. The van der Waals surface area contributed by atoms with Crippen LogP contribution in [0.4, 0.5) is 5.69 Å². The average molecular weight is 289 g/mol. The highest BCUT2D eigenvalue weighted by Gasteiger charge is 2.00. The van der Waals surface area contributed by atoms with Crippen LogP contribution < -0.4 is 10.7 Å². The Labute approximate surface area is 122 Å². The monoisotopic (exact) mass is 289 g/mol. The van der Waals surface area contributed by atoms with E-state index < -0.39 is 0 Å². The fourth-order valence-corrected chi connectivity index (χ4v) is 2.37. The maximum Gasteiger partial charge on any atom is 0.191 e. The van der Waals surface area contributed by atoms with Gasteiger partial charge in [-0.15, -0.1) is 11.3 Å². The summed E-state index contributed by atoms with van der Waals surface area (Å²) >= 11 is 6.82. The molecule has 5 heteroatoms. The molecule has 3 nitrogen and oxygen atoms in total. The number of hydrogen-bond donors (Lipinski definition) is 2. The molecule has 19 heavy (non-hydrogen) atoms. The molecule has 0 radical (unpaired) electrons. The molecule has 0 amide bonds. The van der Waals surface area contributed by atoms with Crippen LogP contribution in [0.5, 0.6) is 0 Å². The van der Waals surface area contributed by atoms with Gasteiger partial charge < -0.3 is 5.32 Å². The molecule has 2 aromatic rings. The van der Waals surface area contributed by atoms with Gasteiger partial charge in [0.15, 0.2) is 5.11 Å². The Morgan fingerprint density at radius 3 is 2.84 bits per heavy atom. The van der Waals surface area contributed by atoms with Gasteiger partial charge in [0, 0.05) is 10.6 Å². The first-order valence-electron chi connectivity index (χ1n) is 5.86. The maximum absolute atomic E-state index is 5.19. The van der Waals surface area contributed by atoms with E-state index in [-0.39, 0.29) is 0 Å². The second-order valence-corrected chi connectivity index (χ2v) is 5.55. The molecule has 0 bridgehead atoms. The van der Waals surface area contributed by atoms with Crippen LogP contribution in [0.25, 0.3) is 0 Å². The van der Waals surface area contributed by atoms with Crippen molar-refractivity contribution >= 4 is 40.6 Å². The Kier molecular flexibility index (Phi) is 4.65. The van der Waals surface area contributed by atoms with E-state index in [9.17, 15) is 0 Å². The summed E-state index contributed by atoms with van der Waals surface area (Å²) in [5.74, 6) is 0. The van der Waals surface area contributed by atoms with Crippen LogP contribution in [0, 0.1) is 13.8 Å². The predicted molar refractivity (Wildman–Crippen MR) is 87.2 cm³/mol. The number of nitrogens with one attached hydrogen (secondary N) is 2. The molecular formula is C14H15N3S2. The number of hydrogen-bond acceptors (Lipinski definition) is 3. The molecule has 1 aromatic heterocycles. The van der Waals surface area contributed by atoms with Crippen LogP contribution >= 0.6 is 23.6 Å². The van der Waals surface area contributed by atoms with Crippen LogP contribution in [-0.2, 0) is 0 Å². The number of rotatable bonds is 3. The fraction of sp³-hybridized carbons (Fsp3) is 0.143. The lowest BCUT2D eigenvalue weighted by Gasteiger charge is -2.10. The number of hydrazone groups is 1. The summed E-state index contributed by atoms with van der Waals surface area (Å²) in [6.45, 7) is 4.12. The van der Waals surface area contributed by atoms with E-state index in [1.54, 1.807) is 17.6 Å². The van der Waals surface area contributed by atoms with Crippen LogP contribution in [0.2, 0.25) is 0 Å². The van der Waals surface area contributed by atoms with E-state index in [1.807, 2.05) is 36.6 Å². The zero-order valence-electron chi connectivity index (χ0n) is 10.8. The normalized spacial score (nSPS) is 10.6. The molecule has 0 atom stereocenters. The number of anilines is 1. The number of benzene rings is 1. The van der Waals surface area contributed by atoms with Crippen molar-refractivity contribution in [1.82, 2.24) is 5.43 Å². The Balaban J connectivity index is 1.91. The van der Waals surface area contributed by atoms with E-state index in [4.69, 9.17) is 12.2 Å². The van der Waals surface area contributed by atoms with E-state index in [1.165, 1.54) is 5.56 Å². The lowest BCUT2D eigenvalue weighted by Crippen LogP contribution is -2.24. The summed E-state index contributed by atoms with van der Waals surface area (Å²) in [7, 11) is 0. The molecule has 1 heterocycles. The molecule has 0 spiro atoms. The van der Waals surface area contributed by atoms with Crippen LogP contribution in [0.1, 0.15) is 16.0 Å². The van der Waals surface area contributed by atoms with Gasteiger partial charge in [0.1, 0.15) is 0 Å². The van der Waals surface area contributed by atoms with Crippen LogP contribution in [-0.4, -0.2) is 11.3 Å². The minimum absolute atomic E-state index is 0.486. The average Bonchev–Trinajstić information content (AvgIpc) is 2.86. The Morgan fingerprint density at radius 2 is 2.16 bits per heavy atom. The maximum atomic E-state index is 5.19. The molecule has 0 aliphatic rings. The van der Waals surface area contributed by atoms with Gasteiger partial charge in [0.25, 0.3) is 0 Å².